The Morgan fingerprint density at radius 1 is 1.35 bits per heavy atom. The second kappa shape index (κ2) is 4.58. The smallest absolute Gasteiger partial charge is 0.323 e. The van der Waals surface area contributed by atoms with E-state index in [0.717, 1.165) is 19.3 Å². The number of hydrogen-bond donors (Lipinski definition) is 1. The molecule has 0 heterocycles. The molecule has 1 N–H and O–H groups in total. The maximum atomic E-state index is 11.7. The summed E-state index contributed by atoms with van der Waals surface area (Å²) in [4.78, 5) is 11.7. The zero-order chi connectivity index (χ0) is 12.6. The van der Waals surface area contributed by atoms with E-state index in [2.05, 4.69) is 19.2 Å². The molecule has 0 aliphatic heterocycles. The molecule has 0 amide bonds. The average molecular weight is 241 g/mol. The predicted octanol–water partition coefficient (Wildman–Crippen LogP) is 1.34. The number of hydrogen-bond acceptors (Lipinski definition) is 4. The van der Waals surface area contributed by atoms with E-state index in [1.165, 1.54) is 7.11 Å². The molecular formula is C13H23NO3. The molecule has 2 aliphatic rings. The average Bonchev–Trinajstić information content (AvgIpc) is 3.11. The van der Waals surface area contributed by atoms with Crippen LogP contribution in [-0.4, -0.2) is 38.4 Å². The zero-order valence-electron chi connectivity index (χ0n) is 11.2. The Balaban J connectivity index is 1.93. The molecule has 4 heteroatoms. The first-order chi connectivity index (χ1) is 8.00. The quantitative estimate of drug-likeness (QED) is 0.738. The van der Waals surface area contributed by atoms with Gasteiger partial charge in [0.05, 0.1) is 13.2 Å². The predicted molar refractivity (Wildman–Crippen MR) is 64.6 cm³/mol. The maximum Gasteiger partial charge on any atom is 0.323 e. The molecule has 98 valence electrons. The minimum atomic E-state index is -0.123. The van der Waals surface area contributed by atoms with Gasteiger partial charge in [0, 0.05) is 18.6 Å². The van der Waals surface area contributed by atoms with Crippen LogP contribution >= 0.6 is 0 Å². The molecule has 2 fully saturated rings. The summed E-state index contributed by atoms with van der Waals surface area (Å²) in [5.74, 6) is 0.351. The third kappa shape index (κ3) is 2.33. The second-order valence-corrected chi connectivity index (χ2v) is 5.84. The minimum Gasteiger partial charge on any atom is -0.468 e. The summed E-state index contributed by atoms with van der Waals surface area (Å²) in [6, 6.07) is 0.222. The molecule has 0 aromatic carbocycles. The fourth-order valence-corrected chi connectivity index (χ4v) is 2.74. The van der Waals surface area contributed by atoms with E-state index in [4.69, 9.17) is 9.47 Å². The van der Waals surface area contributed by atoms with Gasteiger partial charge in [-0.3, -0.25) is 4.79 Å². The Labute approximate surface area is 103 Å². The molecule has 0 saturated heterocycles. The summed E-state index contributed by atoms with van der Waals surface area (Å²) >= 11 is 0. The van der Waals surface area contributed by atoms with E-state index in [1.807, 2.05) is 0 Å². The topological polar surface area (TPSA) is 47.6 Å². The lowest BCUT2D eigenvalue weighted by molar-refractivity contribution is -0.147. The Morgan fingerprint density at radius 3 is 2.41 bits per heavy atom. The van der Waals surface area contributed by atoms with Gasteiger partial charge in [-0.1, -0.05) is 13.8 Å². The highest BCUT2D eigenvalue weighted by Crippen LogP contribution is 2.44. The molecule has 0 bridgehead atoms. The van der Waals surface area contributed by atoms with E-state index in [-0.39, 0.29) is 23.5 Å². The number of carbonyl (C=O) groups excluding carboxylic acids is 1. The van der Waals surface area contributed by atoms with Crippen LogP contribution in [-0.2, 0) is 14.3 Å². The molecule has 2 aliphatic carbocycles. The van der Waals surface area contributed by atoms with E-state index in [1.54, 1.807) is 7.11 Å². The SMILES string of the molecule is COC(=O)C(NC1CC(OC)C1(C)C)C1CC1. The van der Waals surface area contributed by atoms with Crippen molar-refractivity contribution in [2.75, 3.05) is 14.2 Å². The van der Waals surface area contributed by atoms with Crippen LogP contribution in [0.5, 0.6) is 0 Å². The number of carbonyl (C=O) groups is 1. The van der Waals surface area contributed by atoms with E-state index < -0.39 is 0 Å². The minimum absolute atomic E-state index is 0.0932. The Kier molecular flexibility index (Phi) is 3.46. The zero-order valence-corrected chi connectivity index (χ0v) is 11.2. The van der Waals surface area contributed by atoms with Crippen molar-refractivity contribution < 1.29 is 14.3 Å². The first kappa shape index (κ1) is 12.8. The van der Waals surface area contributed by atoms with E-state index in [0.29, 0.717) is 12.0 Å². The van der Waals surface area contributed by atoms with Crippen molar-refractivity contribution in [1.29, 1.82) is 0 Å². The lowest BCUT2D eigenvalue weighted by atomic mass is 9.64. The van der Waals surface area contributed by atoms with E-state index >= 15 is 0 Å². The van der Waals surface area contributed by atoms with Gasteiger partial charge in [0.25, 0.3) is 0 Å². The van der Waals surface area contributed by atoms with Gasteiger partial charge in [-0.15, -0.1) is 0 Å². The van der Waals surface area contributed by atoms with Gasteiger partial charge in [-0.05, 0) is 25.2 Å². The van der Waals surface area contributed by atoms with Crippen LogP contribution in [0.4, 0.5) is 0 Å². The number of rotatable bonds is 5. The molecular weight excluding hydrogens is 218 g/mol. The van der Waals surface area contributed by atoms with Gasteiger partial charge >= 0.3 is 5.97 Å². The molecule has 2 saturated carbocycles. The molecule has 2 rings (SSSR count). The Morgan fingerprint density at radius 2 is 2.00 bits per heavy atom. The van der Waals surface area contributed by atoms with Crippen LogP contribution in [0, 0.1) is 11.3 Å². The number of nitrogens with one attached hydrogen (secondary N) is 1. The Hall–Kier alpha value is -0.610. The molecule has 17 heavy (non-hydrogen) atoms. The first-order valence-corrected chi connectivity index (χ1v) is 6.37. The second-order valence-electron chi connectivity index (χ2n) is 5.84. The van der Waals surface area contributed by atoms with Crippen LogP contribution in [0.2, 0.25) is 0 Å². The number of methoxy groups -OCH3 is 2. The summed E-state index contributed by atoms with van der Waals surface area (Å²) in [6.07, 6.45) is 3.53. The molecule has 4 nitrogen and oxygen atoms in total. The van der Waals surface area contributed by atoms with Crippen LogP contribution < -0.4 is 5.32 Å². The van der Waals surface area contributed by atoms with Crippen LogP contribution in [0.25, 0.3) is 0 Å². The summed E-state index contributed by atoms with van der Waals surface area (Å²) in [5, 5.41) is 3.47. The highest BCUT2D eigenvalue weighted by Gasteiger charge is 2.51. The van der Waals surface area contributed by atoms with Gasteiger partial charge < -0.3 is 14.8 Å². The third-order valence-corrected chi connectivity index (χ3v) is 4.39. The van der Waals surface area contributed by atoms with Gasteiger partial charge in [-0.25, -0.2) is 0 Å². The van der Waals surface area contributed by atoms with Crippen molar-refractivity contribution in [2.24, 2.45) is 11.3 Å². The summed E-state index contributed by atoms with van der Waals surface area (Å²) in [6.45, 7) is 4.37. The monoisotopic (exact) mass is 241 g/mol. The normalized spacial score (nSPS) is 32.7. The number of ether oxygens (including phenoxy) is 2. The van der Waals surface area contributed by atoms with Gasteiger partial charge in [0.15, 0.2) is 0 Å². The van der Waals surface area contributed by atoms with Gasteiger partial charge in [0.2, 0.25) is 0 Å². The molecule has 0 spiro atoms. The highest BCUT2D eigenvalue weighted by atomic mass is 16.5. The first-order valence-electron chi connectivity index (χ1n) is 6.37. The summed E-state index contributed by atoms with van der Waals surface area (Å²) < 4.78 is 10.3. The lowest BCUT2D eigenvalue weighted by Gasteiger charge is -2.52. The molecule has 3 unspecified atom stereocenters. The largest absolute Gasteiger partial charge is 0.468 e. The maximum absolute atomic E-state index is 11.7. The molecule has 0 aromatic rings. The van der Waals surface area contributed by atoms with Crippen molar-refractivity contribution >= 4 is 5.97 Å². The standard InChI is InChI=1S/C13H23NO3/c1-13(2)9(7-10(13)16-3)14-11(8-5-6-8)12(15)17-4/h8-11,14H,5-7H2,1-4H3. The lowest BCUT2D eigenvalue weighted by Crippen LogP contribution is -2.64. The highest BCUT2D eigenvalue weighted by molar-refractivity contribution is 5.76. The third-order valence-electron chi connectivity index (χ3n) is 4.39. The van der Waals surface area contributed by atoms with Crippen molar-refractivity contribution in [1.82, 2.24) is 5.32 Å². The van der Waals surface area contributed by atoms with Crippen molar-refractivity contribution in [3.8, 4) is 0 Å². The molecule has 0 radical (unpaired) electrons. The van der Waals surface area contributed by atoms with Crippen LogP contribution in [0.15, 0.2) is 0 Å². The summed E-state index contributed by atoms with van der Waals surface area (Å²) in [5.41, 5.74) is 0.0932. The van der Waals surface area contributed by atoms with Crippen molar-refractivity contribution in [2.45, 2.75) is 51.3 Å². The number of esters is 1. The van der Waals surface area contributed by atoms with Gasteiger partial charge in [0.1, 0.15) is 6.04 Å². The fourth-order valence-electron chi connectivity index (χ4n) is 2.74. The van der Waals surface area contributed by atoms with Crippen LogP contribution in [0.3, 0.4) is 0 Å². The van der Waals surface area contributed by atoms with Crippen molar-refractivity contribution in [3.05, 3.63) is 0 Å². The van der Waals surface area contributed by atoms with Crippen molar-refractivity contribution in [3.63, 3.8) is 0 Å². The molecule has 3 atom stereocenters. The Bertz CT molecular complexity index is 299. The fraction of sp³-hybridized carbons (Fsp3) is 0.923. The molecule has 0 aromatic heterocycles. The summed E-state index contributed by atoms with van der Waals surface area (Å²) in [7, 11) is 3.21. The van der Waals surface area contributed by atoms with E-state index in [9.17, 15) is 4.79 Å². The van der Waals surface area contributed by atoms with Crippen LogP contribution in [0.1, 0.15) is 33.1 Å². The van der Waals surface area contributed by atoms with Gasteiger partial charge in [-0.2, -0.15) is 0 Å².